The molecule has 2 aromatic rings. The molecule has 0 saturated carbocycles. The molecule has 6 nitrogen and oxygen atoms in total. The molecule has 22 heavy (non-hydrogen) atoms. The number of aromatic nitrogens is 3. The highest BCUT2D eigenvalue weighted by Crippen LogP contribution is 2.17. The van der Waals surface area contributed by atoms with E-state index in [2.05, 4.69) is 29.0 Å². The molecule has 1 atom stereocenters. The van der Waals surface area contributed by atoms with Crippen LogP contribution in [-0.2, 0) is 0 Å². The smallest absolute Gasteiger partial charge is 0.257 e. The van der Waals surface area contributed by atoms with Crippen molar-refractivity contribution in [2.45, 2.75) is 19.9 Å². The molecular formula is C16H21N5O. The molecule has 0 spiro atoms. The van der Waals surface area contributed by atoms with Gasteiger partial charge in [0.05, 0.1) is 17.5 Å². The number of pyridine rings is 1. The molecule has 0 bridgehead atoms. The van der Waals surface area contributed by atoms with Crippen LogP contribution >= 0.6 is 0 Å². The van der Waals surface area contributed by atoms with Crippen molar-refractivity contribution in [3.63, 3.8) is 0 Å². The van der Waals surface area contributed by atoms with Gasteiger partial charge in [-0.3, -0.25) is 4.79 Å². The predicted octanol–water partition coefficient (Wildman–Crippen LogP) is 1.35. The molecule has 3 heterocycles. The van der Waals surface area contributed by atoms with Gasteiger partial charge in [-0.05, 0) is 33.0 Å². The summed E-state index contributed by atoms with van der Waals surface area (Å²) in [5.74, 6) is 0.783. The molecule has 0 aliphatic carbocycles. The second-order valence-corrected chi connectivity index (χ2v) is 5.85. The highest BCUT2D eigenvalue weighted by Gasteiger charge is 2.28. The van der Waals surface area contributed by atoms with Crippen LogP contribution in [0.25, 0.3) is 5.82 Å². The number of likely N-dealkylation sites (N-methyl/N-ethyl adjacent to an activating group) is 1. The Bertz CT molecular complexity index is 666. The third-order valence-corrected chi connectivity index (χ3v) is 4.20. The molecule has 1 saturated heterocycles. The van der Waals surface area contributed by atoms with Crippen molar-refractivity contribution >= 4 is 5.91 Å². The van der Waals surface area contributed by atoms with Crippen LogP contribution in [0.5, 0.6) is 0 Å². The van der Waals surface area contributed by atoms with E-state index in [1.165, 1.54) is 0 Å². The monoisotopic (exact) mass is 299 g/mol. The fraction of sp³-hybridized carbons (Fsp3) is 0.438. The Morgan fingerprint density at radius 1 is 1.32 bits per heavy atom. The van der Waals surface area contributed by atoms with Gasteiger partial charge in [-0.15, -0.1) is 0 Å². The van der Waals surface area contributed by atoms with Crippen LogP contribution in [0.1, 0.15) is 23.0 Å². The highest BCUT2D eigenvalue weighted by molar-refractivity contribution is 5.95. The Balaban J connectivity index is 1.87. The zero-order chi connectivity index (χ0) is 15.7. The van der Waals surface area contributed by atoms with Crippen molar-refractivity contribution in [3.05, 3.63) is 41.9 Å². The Kier molecular flexibility index (Phi) is 3.94. The lowest BCUT2D eigenvalue weighted by atomic mass is 10.1. The van der Waals surface area contributed by atoms with Crippen LogP contribution in [-0.4, -0.2) is 63.2 Å². The summed E-state index contributed by atoms with van der Waals surface area (Å²) in [6, 6.07) is 5.87. The third kappa shape index (κ3) is 2.62. The number of piperazine rings is 1. The van der Waals surface area contributed by atoms with Gasteiger partial charge in [0.1, 0.15) is 0 Å². The molecule has 0 unspecified atom stereocenters. The minimum Gasteiger partial charge on any atom is -0.333 e. The lowest BCUT2D eigenvalue weighted by molar-refractivity contribution is 0.0533. The molecule has 1 aliphatic rings. The van der Waals surface area contributed by atoms with E-state index in [1.807, 2.05) is 30.0 Å². The van der Waals surface area contributed by atoms with Crippen molar-refractivity contribution in [1.82, 2.24) is 24.6 Å². The molecule has 2 aromatic heterocycles. The number of amides is 1. The second-order valence-electron chi connectivity index (χ2n) is 5.85. The molecule has 1 amide bonds. The molecular weight excluding hydrogens is 278 g/mol. The standard InChI is InChI=1S/C16H21N5O/c1-12-11-19(3)8-9-20(12)16(22)14-10-18-21(13(14)2)15-6-4-5-7-17-15/h4-7,10,12H,8-9,11H2,1-3H3/t12-/m0/s1. The van der Waals surface area contributed by atoms with E-state index in [0.29, 0.717) is 5.56 Å². The Morgan fingerprint density at radius 2 is 2.14 bits per heavy atom. The second kappa shape index (κ2) is 5.88. The number of nitrogens with zero attached hydrogens (tertiary/aromatic N) is 5. The van der Waals surface area contributed by atoms with Crippen molar-refractivity contribution in [2.24, 2.45) is 0 Å². The first-order valence-electron chi connectivity index (χ1n) is 7.53. The quantitative estimate of drug-likeness (QED) is 0.840. The van der Waals surface area contributed by atoms with Crippen molar-refractivity contribution in [2.75, 3.05) is 26.7 Å². The summed E-state index contributed by atoms with van der Waals surface area (Å²) in [6.45, 7) is 6.56. The number of carbonyl (C=O) groups excluding carboxylic acids is 1. The van der Waals surface area contributed by atoms with E-state index in [9.17, 15) is 4.79 Å². The number of carbonyl (C=O) groups is 1. The Labute approximate surface area is 130 Å². The van der Waals surface area contributed by atoms with Crippen LogP contribution in [0.3, 0.4) is 0 Å². The summed E-state index contributed by atoms with van der Waals surface area (Å²) in [6.07, 6.45) is 3.37. The van der Waals surface area contributed by atoms with Crippen molar-refractivity contribution < 1.29 is 4.79 Å². The van der Waals surface area contributed by atoms with Gasteiger partial charge < -0.3 is 9.80 Å². The van der Waals surface area contributed by atoms with Gasteiger partial charge in [-0.25, -0.2) is 9.67 Å². The SMILES string of the molecule is Cc1c(C(=O)N2CCN(C)C[C@@H]2C)cnn1-c1ccccn1. The summed E-state index contributed by atoms with van der Waals surface area (Å²) in [5.41, 5.74) is 1.48. The average Bonchev–Trinajstić information content (AvgIpc) is 2.89. The normalized spacial score (nSPS) is 19.4. The van der Waals surface area contributed by atoms with Gasteiger partial charge in [-0.1, -0.05) is 6.07 Å². The fourth-order valence-corrected chi connectivity index (χ4v) is 2.93. The lowest BCUT2D eigenvalue weighted by Crippen LogP contribution is -2.52. The molecule has 1 aliphatic heterocycles. The van der Waals surface area contributed by atoms with E-state index in [-0.39, 0.29) is 11.9 Å². The summed E-state index contributed by atoms with van der Waals surface area (Å²) in [5, 5.41) is 4.34. The van der Waals surface area contributed by atoms with Crippen LogP contribution in [0.4, 0.5) is 0 Å². The lowest BCUT2D eigenvalue weighted by Gasteiger charge is -2.38. The van der Waals surface area contributed by atoms with Gasteiger partial charge in [0.15, 0.2) is 5.82 Å². The van der Waals surface area contributed by atoms with Crippen molar-refractivity contribution in [1.29, 1.82) is 0 Å². The van der Waals surface area contributed by atoms with Gasteiger partial charge in [0.25, 0.3) is 5.91 Å². The van der Waals surface area contributed by atoms with Gasteiger partial charge in [0.2, 0.25) is 0 Å². The molecule has 0 N–H and O–H groups in total. The first-order valence-corrected chi connectivity index (χ1v) is 7.53. The Morgan fingerprint density at radius 3 is 2.82 bits per heavy atom. The zero-order valence-corrected chi connectivity index (χ0v) is 13.2. The van der Waals surface area contributed by atoms with Crippen molar-refractivity contribution in [3.8, 4) is 5.82 Å². The minimum atomic E-state index is 0.0558. The van der Waals surface area contributed by atoms with Gasteiger partial charge in [0, 0.05) is 31.9 Å². The first kappa shape index (κ1) is 14.7. The summed E-state index contributed by atoms with van der Waals surface area (Å²) >= 11 is 0. The fourth-order valence-electron chi connectivity index (χ4n) is 2.93. The maximum absolute atomic E-state index is 12.8. The maximum Gasteiger partial charge on any atom is 0.257 e. The topological polar surface area (TPSA) is 54.3 Å². The number of hydrogen-bond donors (Lipinski definition) is 0. The van der Waals surface area contributed by atoms with E-state index in [1.54, 1.807) is 17.1 Å². The molecule has 0 radical (unpaired) electrons. The van der Waals surface area contributed by atoms with Crippen LogP contribution < -0.4 is 0 Å². The van der Waals surface area contributed by atoms with Gasteiger partial charge in [-0.2, -0.15) is 5.10 Å². The average molecular weight is 299 g/mol. The van der Waals surface area contributed by atoms with Crippen LogP contribution in [0.15, 0.2) is 30.6 Å². The molecule has 3 rings (SSSR count). The van der Waals surface area contributed by atoms with Crippen LogP contribution in [0, 0.1) is 6.92 Å². The summed E-state index contributed by atoms with van der Waals surface area (Å²) in [7, 11) is 2.09. The zero-order valence-electron chi connectivity index (χ0n) is 13.2. The molecule has 0 aromatic carbocycles. The van der Waals surface area contributed by atoms with E-state index in [0.717, 1.165) is 31.1 Å². The summed E-state index contributed by atoms with van der Waals surface area (Å²) in [4.78, 5) is 21.3. The third-order valence-electron chi connectivity index (χ3n) is 4.20. The Hall–Kier alpha value is -2.21. The number of rotatable bonds is 2. The largest absolute Gasteiger partial charge is 0.333 e. The molecule has 1 fully saturated rings. The number of hydrogen-bond acceptors (Lipinski definition) is 4. The summed E-state index contributed by atoms with van der Waals surface area (Å²) < 4.78 is 1.72. The van der Waals surface area contributed by atoms with E-state index < -0.39 is 0 Å². The van der Waals surface area contributed by atoms with E-state index in [4.69, 9.17) is 0 Å². The molecule has 6 heteroatoms. The molecule has 116 valence electrons. The minimum absolute atomic E-state index is 0.0558. The predicted molar refractivity (Wildman–Crippen MR) is 84.1 cm³/mol. The first-order chi connectivity index (χ1) is 10.6. The van der Waals surface area contributed by atoms with Gasteiger partial charge >= 0.3 is 0 Å². The van der Waals surface area contributed by atoms with Crippen LogP contribution in [0.2, 0.25) is 0 Å². The maximum atomic E-state index is 12.8. The highest BCUT2D eigenvalue weighted by atomic mass is 16.2. The van der Waals surface area contributed by atoms with E-state index >= 15 is 0 Å².